The lowest BCUT2D eigenvalue weighted by molar-refractivity contribution is 0.0962. The second kappa shape index (κ2) is 6.64. The van der Waals surface area contributed by atoms with E-state index in [2.05, 4.69) is 25.9 Å². The van der Waals surface area contributed by atoms with Crippen molar-refractivity contribution in [3.63, 3.8) is 0 Å². The summed E-state index contributed by atoms with van der Waals surface area (Å²) in [5.74, 6) is 0.237. The van der Waals surface area contributed by atoms with Crippen molar-refractivity contribution < 1.29 is 4.79 Å². The third-order valence-corrected chi connectivity index (χ3v) is 3.97. The van der Waals surface area contributed by atoms with Gasteiger partial charge in [-0.15, -0.1) is 0 Å². The summed E-state index contributed by atoms with van der Waals surface area (Å²) in [7, 11) is 0. The summed E-state index contributed by atoms with van der Waals surface area (Å²) in [6.45, 7) is 2.03. The van der Waals surface area contributed by atoms with Gasteiger partial charge in [0.1, 0.15) is 6.33 Å². The molecule has 7 heteroatoms. The maximum Gasteiger partial charge on any atom is 0.269 e. The van der Waals surface area contributed by atoms with E-state index in [4.69, 9.17) is 0 Å². The average Bonchev–Trinajstić information content (AvgIpc) is 3.12. The topological polar surface area (TPSA) is 84.7 Å². The highest BCUT2D eigenvalue weighted by Crippen LogP contribution is 2.21. The molecule has 4 aromatic rings. The van der Waals surface area contributed by atoms with Crippen LogP contribution >= 0.6 is 0 Å². The summed E-state index contributed by atoms with van der Waals surface area (Å²) in [6.07, 6.45) is 3.11. The van der Waals surface area contributed by atoms with Crippen LogP contribution in [-0.4, -0.2) is 25.7 Å². The predicted molar refractivity (Wildman–Crippen MR) is 98.9 cm³/mol. The number of carbonyl (C=O) groups excluding carboxylic acids is 1. The number of hydrazine groups is 1. The highest BCUT2D eigenvalue weighted by molar-refractivity contribution is 5.96. The Bertz CT molecular complexity index is 1060. The fourth-order valence-electron chi connectivity index (χ4n) is 2.60. The van der Waals surface area contributed by atoms with E-state index in [0.717, 1.165) is 5.69 Å². The molecule has 2 aromatic carbocycles. The summed E-state index contributed by atoms with van der Waals surface area (Å²) >= 11 is 0. The van der Waals surface area contributed by atoms with E-state index >= 15 is 0 Å². The van der Waals surface area contributed by atoms with Crippen molar-refractivity contribution in [3.8, 4) is 5.69 Å². The zero-order valence-corrected chi connectivity index (χ0v) is 14.0. The van der Waals surface area contributed by atoms with E-state index in [1.54, 1.807) is 23.0 Å². The number of benzene rings is 2. The fraction of sp³-hybridized carbons (Fsp3) is 0.0526. The first-order valence-corrected chi connectivity index (χ1v) is 8.09. The molecule has 0 saturated carbocycles. The Kier molecular flexibility index (Phi) is 4.03. The molecule has 128 valence electrons. The third-order valence-electron chi connectivity index (χ3n) is 3.97. The van der Waals surface area contributed by atoms with Gasteiger partial charge >= 0.3 is 0 Å². The molecule has 0 aliphatic rings. The molecular formula is C19H16N6O. The van der Waals surface area contributed by atoms with Crippen LogP contribution in [0.15, 0.2) is 67.1 Å². The molecule has 0 aliphatic carbocycles. The molecule has 2 aromatic heterocycles. The number of carbonyl (C=O) groups is 1. The summed E-state index contributed by atoms with van der Waals surface area (Å²) in [5.41, 5.74) is 8.79. The number of hydrogen-bond donors (Lipinski definition) is 2. The number of rotatable bonds is 4. The lowest BCUT2D eigenvalue weighted by atomic mass is 10.2. The fourth-order valence-corrected chi connectivity index (χ4v) is 2.60. The third kappa shape index (κ3) is 2.98. The molecule has 0 spiro atoms. The van der Waals surface area contributed by atoms with Crippen molar-refractivity contribution in [2.45, 2.75) is 6.92 Å². The van der Waals surface area contributed by atoms with Gasteiger partial charge in [0.05, 0.1) is 17.3 Å². The molecular weight excluding hydrogens is 328 g/mol. The Labute approximate surface area is 149 Å². The Morgan fingerprint density at radius 3 is 2.54 bits per heavy atom. The van der Waals surface area contributed by atoms with E-state index in [9.17, 15) is 4.79 Å². The SMILES string of the molecule is Cc1ccc(-n2ncc3c(NNC(=O)c4ccccc4)ncnc32)cc1. The van der Waals surface area contributed by atoms with Gasteiger partial charge in [-0.1, -0.05) is 35.9 Å². The molecule has 2 N–H and O–H groups in total. The molecule has 1 amide bonds. The zero-order valence-electron chi connectivity index (χ0n) is 14.0. The molecule has 0 radical (unpaired) electrons. The van der Waals surface area contributed by atoms with Crippen molar-refractivity contribution in [2.24, 2.45) is 0 Å². The lowest BCUT2D eigenvalue weighted by Crippen LogP contribution is -2.29. The first kappa shape index (κ1) is 15.8. The first-order chi connectivity index (χ1) is 12.7. The maximum absolute atomic E-state index is 12.2. The molecule has 26 heavy (non-hydrogen) atoms. The van der Waals surface area contributed by atoms with Crippen LogP contribution in [0.2, 0.25) is 0 Å². The van der Waals surface area contributed by atoms with Gasteiger partial charge in [0.15, 0.2) is 11.5 Å². The van der Waals surface area contributed by atoms with Crippen LogP contribution in [-0.2, 0) is 0 Å². The van der Waals surface area contributed by atoms with Gasteiger partial charge in [-0.05, 0) is 31.2 Å². The highest BCUT2D eigenvalue weighted by atomic mass is 16.2. The number of nitrogens with one attached hydrogen (secondary N) is 2. The second-order valence-electron chi connectivity index (χ2n) is 5.80. The summed E-state index contributed by atoms with van der Waals surface area (Å²) < 4.78 is 1.74. The van der Waals surface area contributed by atoms with Crippen molar-refractivity contribution in [3.05, 3.63) is 78.2 Å². The molecule has 0 bridgehead atoms. The van der Waals surface area contributed by atoms with Gasteiger partial charge in [-0.25, -0.2) is 14.6 Å². The van der Waals surface area contributed by atoms with Crippen LogP contribution in [0.3, 0.4) is 0 Å². The number of aromatic nitrogens is 4. The van der Waals surface area contributed by atoms with Crippen molar-refractivity contribution in [2.75, 3.05) is 5.43 Å². The summed E-state index contributed by atoms with van der Waals surface area (Å²) in [4.78, 5) is 20.7. The number of hydrogen-bond acceptors (Lipinski definition) is 5. The molecule has 0 fully saturated rings. The normalized spacial score (nSPS) is 10.7. The first-order valence-electron chi connectivity index (χ1n) is 8.09. The number of anilines is 1. The van der Waals surface area contributed by atoms with Gasteiger partial charge in [0.25, 0.3) is 5.91 Å². The minimum Gasteiger partial charge on any atom is -0.281 e. The van der Waals surface area contributed by atoms with Gasteiger partial charge < -0.3 is 0 Å². The molecule has 4 rings (SSSR count). The number of aryl methyl sites for hydroxylation is 1. The van der Waals surface area contributed by atoms with E-state index in [1.165, 1.54) is 11.9 Å². The molecule has 0 atom stereocenters. The molecule has 0 unspecified atom stereocenters. The number of nitrogens with zero attached hydrogens (tertiary/aromatic N) is 4. The molecule has 0 aliphatic heterocycles. The summed E-state index contributed by atoms with van der Waals surface area (Å²) in [5, 5.41) is 5.11. The van der Waals surface area contributed by atoms with Gasteiger partial charge in [-0.2, -0.15) is 5.10 Å². The molecule has 0 saturated heterocycles. The number of amides is 1. The van der Waals surface area contributed by atoms with E-state index < -0.39 is 0 Å². The van der Waals surface area contributed by atoms with Crippen molar-refractivity contribution in [1.29, 1.82) is 0 Å². The maximum atomic E-state index is 12.2. The number of fused-ring (bicyclic) bond motifs is 1. The summed E-state index contributed by atoms with van der Waals surface area (Å²) in [6, 6.07) is 16.9. The van der Waals surface area contributed by atoms with Crippen LogP contribution in [0.5, 0.6) is 0 Å². The van der Waals surface area contributed by atoms with E-state index in [-0.39, 0.29) is 5.91 Å². The Morgan fingerprint density at radius 2 is 1.77 bits per heavy atom. The Morgan fingerprint density at radius 1 is 1.00 bits per heavy atom. The largest absolute Gasteiger partial charge is 0.281 e. The van der Waals surface area contributed by atoms with Crippen LogP contribution in [0.4, 0.5) is 5.82 Å². The van der Waals surface area contributed by atoms with E-state index in [0.29, 0.717) is 22.4 Å². The monoisotopic (exact) mass is 344 g/mol. The van der Waals surface area contributed by atoms with Crippen LogP contribution in [0.1, 0.15) is 15.9 Å². The second-order valence-corrected chi connectivity index (χ2v) is 5.80. The zero-order chi connectivity index (χ0) is 17.9. The minimum atomic E-state index is -0.247. The van der Waals surface area contributed by atoms with Gasteiger partial charge in [0.2, 0.25) is 0 Å². The smallest absolute Gasteiger partial charge is 0.269 e. The highest BCUT2D eigenvalue weighted by Gasteiger charge is 2.12. The average molecular weight is 344 g/mol. The molecule has 7 nitrogen and oxygen atoms in total. The predicted octanol–water partition coefficient (Wildman–Crippen LogP) is 2.88. The Balaban J connectivity index is 1.61. The quantitative estimate of drug-likeness (QED) is 0.556. The van der Waals surface area contributed by atoms with Gasteiger partial charge in [-0.3, -0.25) is 15.6 Å². The van der Waals surface area contributed by atoms with Crippen molar-refractivity contribution in [1.82, 2.24) is 25.2 Å². The van der Waals surface area contributed by atoms with Gasteiger partial charge in [0, 0.05) is 5.56 Å². The minimum absolute atomic E-state index is 0.247. The van der Waals surface area contributed by atoms with Crippen LogP contribution in [0.25, 0.3) is 16.7 Å². The van der Waals surface area contributed by atoms with E-state index in [1.807, 2.05) is 49.4 Å². The Hall–Kier alpha value is -3.74. The standard InChI is InChI=1S/C19H16N6O/c1-13-7-9-15(10-8-13)25-18-16(11-22-25)17(20-12-21-18)23-24-19(26)14-5-3-2-4-6-14/h2-12H,1H3,(H,24,26)(H,20,21,23). The van der Waals surface area contributed by atoms with Crippen LogP contribution in [0, 0.1) is 6.92 Å². The lowest BCUT2D eigenvalue weighted by Gasteiger charge is -2.08. The van der Waals surface area contributed by atoms with Crippen LogP contribution < -0.4 is 10.9 Å². The van der Waals surface area contributed by atoms with Crippen molar-refractivity contribution >= 4 is 22.8 Å². The molecule has 2 heterocycles.